The maximum absolute atomic E-state index is 8.39. The summed E-state index contributed by atoms with van der Waals surface area (Å²) in [5.41, 5.74) is 0. The minimum atomic E-state index is -0.334. The van der Waals surface area contributed by atoms with E-state index in [2.05, 4.69) is 13.1 Å². The van der Waals surface area contributed by atoms with E-state index in [9.17, 15) is 0 Å². The first kappa shape index (κ1) is 11.1. The van der Waals surface area contributed by atoms with Crippen LogP contribution in [0.15, 0.2) is 0 Å². The molecular weight excluding hydrogens is 156 g/mol. The number of unbranched alkanes of at least 4 members (excludes halogenated alkanes) is 1. The van der Waals surface area contributed by atoms with Gasteiger partial charge in [-0.15, -0.1) is 0 Å². The normalized spacial score (nSPS) is 10.9. The van der Waals surface area contributed by atoms with Crippen LogP contribution in [0, 0.1) is 0 Å². The van der Waals surface area contributed by atoms with Crippen molar-refractivity contribution in [2.75, 3.05) is 19.8 Å². The van der Waals surface area contributed by atoms with Gasteiger partial charge >= 0.3 is 0 Å². The molecule has 11 heavy (non-hydrogen) atoms. The average molecular weight is 176 g/mol. The van der Waals surface area contributed by atoms with Gasteiger partial charge in [-0.25, -0.2) is 0 Å². The van der Waals surface area contributed by atoms with Crippen molar-refractivity contribution in [1.29, 1.82) is 0 Å². The minimum absolute atomic E-state index is 0.152. The molecule has 0 aliphatic carbocycles. The standard InChI is InChI=1S/C8H20O2Si/c1-11(2)8-4-3-6-10-7-5-9/h9,11H,3-8H2,1-2H3. The van der Waals surface area contributed by atoms with E-state index in [4.69, 9.17) is 9.84 Å². The van der Waals surface area contributed by atoms with E-state index >= 15 is 0 Å². The molecule has 68 valence electrons. The summed E-state index contributed by atoms with van der Waals surface area (Å²) in [7, 11) is -0.334. The molecular formula is C8H20O2Si. The molecule has 0 aromatic rings. The molecule has 3 heteroatoms. The lowest BCUT2D eigenvalue weighted by Gasteiger charge is -2.03. The number of rotatable bonds is 7. The molecule has 2 nitrogen and oxygen atoms in total. The van der Waals surface area contributed by atoms with E-state index in [0.717, 1.165) is 13.0 Å². The molecule has 1 N–H and O–H groups in total. The van der Waals surface area contributed by atoms with Crippen LogP contribution in [0.25, 0.3) is 0 Å². The second-order valence-electron chi connectivity index (χ2n) is 3.23. The van der Waals surface area contributed by atoms with Crippen molar-refractivity contribution in [1.82, 2.24) is 0 Å². The van der Waals surface area contributed by atoms with Crippen molar-refractivity contribution in [2.45, 2.75) is 32.0 Å². The largest absolute Gasteiger partial charge is 0.394 e. The summed E-state index contributed by atoms with van der Waals surface area (Å²) in [5, 5.41) is 8.39. The fourth-order valence-electron chi connectivity index (χ4n) is 0.923. The summed E-state index contributed by atoms with van der Waals surface area (Å²) in [5.74, 6) is 0. The van der Waals surface area contributed by atoms with Gasteiger partial charge in [0, 0.05) is 15.4 Å². The maximum atomic E-state index is 8.39. The smallest absolute Gasteiger partial charge is 0.0697 e. The summed E-state index contributed by atoms with van der Waals surface area (Å²) >= 11 is 0. The zero-order valence-corrected chi connectivity index (χ0v) is 8.83. The summed E-state index contributed by atoms with van der Waals surface area (Å²) in [4.78, 5) is 0. The molecule has 0 heterocycles. The van der Waals surface area contributed by atoms with E-state index in [1.165, 1.54) is 12.5 Å². The summed E-state index contributed by atoms with van der Waals surface area (Å²) in [6.45, 7) is 6.21. The lowest BCUT2D eigenvalue weighted by Crippen LogP contribution is -2.03. The first-order valence-electron chi connectivity index (χ1n) is 4.46. The monoisotopic (exact) mass is 176 g/mol. The third-order valence-electron chi connectivity index (χ3n) is 1.56. The number of ether oxygens (including phenoxy) is 1. The summed E-state index contributed by atoms with van der Waals surface area (Å²) in [6.07, 6.45) is 2.46. The molecule has 0 radical (unpaired) electrons. The van der Waals surface area contributed by atoms with Crippen LogP contribution in [0.3, 0.4) is 0 Å². The zero-order valence-electron chi connectivity index (χ0n) is 7.68. The van der Waals surface area contributed by atoms with Crippen molar-refractivity contribution in [3.63, 3.8) is 0 Å². The van der Waals surface area contributed by atoms with E-state index < -0.39 is 0 Å². The molecule has 0 aromatic carbocycles. The van der Waals surface area contributed by atoms with Crippen molar-refractivity contribution < 1.29 is 9.84 Å². The van der Waals surface area contributed by atoms with Gasteiger partial charge in [0.2, 0.25) is 0 Å². The minimum Gasteiger partial charge on any atom is -0.394 e. The molecule has 0 amide bonds. The first-order valence-corrected chi connectivity index (χ1v) is 7.58. The van der Waals surface area contributed by atoms with Gasteiger partial charge in [0.25, 0.3) is 0 Å². The fraction of sp³-hybridized carbons (Fsp3) is 1.00. The maximum Gasteiger partial charge on any atom is 0.0697 e. The Morgan fingerprint density at radius 3 is 2.45 bits per heavy atom. The summed E-state index contributed by atoms with van der Waals surface area (Å²) < 4.78 is 5.13. The molecule has 0 aliphatic heterocycles. The molecule has 0 bridgehead atoms. The highest BCUT2D eigenvalue weighted by Gasteiger charge is 1.94. The number of hydrogen-bond donors (Lipinski definition) is 1. The average Bonchev–Trinajstić information content (AvgIpc) is 1.96. The second-order valence-corrected chi connectivity index (χ2v) is 6.59. The molecule has 0 saturated carbocycles. The molecule has 0 spiro atoms. The highest BCUT2D eigenvalue weighted by molar-refractivity contribution is 6.55. The van der Waals surface area contributed by atoms with Crippen molar-refractivity contribution in [3.05, 3.63) is 0 Å². The van der Waals surface area contributed by atoms with Crippen molar-refractivity contribution in [2.24, 2.45) is 0 Å². The molecule has 0 saturated heterocycles. The lowest BCUT2D eigenvalue weighted by molar-refractivity contribution is 0.0904. The Morgan fingerprint density at radius 1 is 1.18 bits per heavy atom. The van der Waals surface area contributed by atoms with Crippen LogP contribution in [-0.2, 0) is 4.74 Å². The summed E-state index contributed by atoms with van der Waals surface area (Å²) in [6, 6.07) is 1.42. The Hall–Kier alpha value is 0.137. The van der Waals surface area contributed by atoms with Crippen LogP contribution in [0.5, 0.6) is 0 Å². The molecule has 0 unspecified atom stereocenters. The van der Waals surface area contributed by atoms with E-state index in [0.29, 0.717) is 6.61 Å². The number of hydrogen-bond acceptors (Lipinski definition) is 2. The molecule has 0 fully saturated rings. The second kappa shape index (κ2) is 8.24. The quantitative estimate of drug-likeness (QED) is 0.467. The van der Waals surface area contributed by atoms with Gasteiger partial charge in [-0.3, -0.25) is 0 Å². The predicted octanol–water partition coefficient (Wildman–Crippen LogP) is 1.26. The third-order valence-corrected chi connectivity index (χ3v) is 3.12. The Bertz CT molecular complexity index is 76.5. The zero-order chi connectivity index (χ0) is 8.53. The van der Waals surface area contributed by atoms with Crippen LogP contribution in [0.1, 0.15) is 12.8 Å². The third kappa shape index (κ3) is 10.1. The van der Waals surface area contributed by atoms with Gasteiger partial charge in [-0.05, 0) is 6.42 Å². The van der Waals surface area contributed by atoms with E-state index in [-0.39, 0.29) is 15.4 Å². The van der Waals surface area contributed by atoms with Gasteiger partial charge in [-0.2, -0.15) is 0 Å². The Kier molecular flexibility index (Phi) is 8.34. The van der Waals surface area contributed by atoms with Crippen LogP contribution < -0.4 is 0 Å². The molecule has 0 rings (SSSR count). The van der Waals surface area contributed by atoms with Crippen LogP contribution >= 0.6 is 0 Å². The Labute approximate surface area is 71.2 Å². The highest BCUT2D eigenvalue weighted by Crippen LogP contribution is 2.00. The van der Waals surface area contributed by atoms with Crippen molar-refractivity contribution in [3.8, 4) is 0 Å². The number of aliphatic hydroxyl groups is 1. The van der Waals surface area contributed by atoms with Crippen LogP contribution in [0.2, 0.25) is 19.1 Å². The molecule has 0 atom stereocenters. The van der Waals surface area contributed by atoms with Crippen LogP contribution in [0.4, 0.5) is 0 Å². The fourth-order valence-corrected chi connectivity index (χ4v) is 2.03. The van der Waals surface area contributed by atoms with Gasteiger partial charge in [0.15, 0.2) is 0 Å². The van der Waals surface area contributed by atoms with E-state index in [1.807, 2.05) is 0 Å². The topological polar surface area (TPSA) is 29.5 Å². The lowest BCUT2D eigenvalue weighted by atomic mass is 10.4. The predicted molar refractivity (Wildman–Crippen MR) is 50.8 cm³/mol. The van der Waals surface area contributed by atoms with Gasteiger partial charge in [0.05, 0.1) is 13.2 Å². The van der Waals surface area contributed by atoms with E-state index in [1.54, 1.807) is 0 Å². The first-order chi connectivity index (χ1) is 5.27. The van der Waals surface area contributed by atoms with Crippen molar-refractivity contribution >= 4 is 8.80 Å². The van der Waals surface area contributed by atoms with Gasteiger partial charge < -0.3 is 9.84 Å². The van der Waals surface area contributed by atoms with Gasteiger partial charge in [0.1, 0.15) is 0 Å². The molecule has 0 aromatic heterocycles. The Balaban J connectivity index is 2.80. The van der Waals surface area contributed by atoms with Gasteiger partial charge in [-0.1, -0.05) is 25.6 Å². The Morgan fingerprint density at radius 2 is 1.91 bits per heavy atom. The highest BCUT2D eigenvalue weighted by atomic mass is 28.3. The number of aliphatic hydroxyl groups excluding tert-OH is 1. The SMILES string of the molecule is C[SiH](C)CCCCOCCO. The van der Waals surface area contributed by atoms with Crippen LogP contribution in [-0.4, -0.2) is 33.7 Å². The molecule has 0 aliphatic rings.